The fourth-order valence-corrected chi connectivity index (χ4v) is 1.91. The Kier molecular flexibility index (Phi) is 3.88. The number of nitrogens with zero attached hydrogens (tertiary/aromatic N) is 2. The van der Waals surface area contributed by atoms with Gasteiger partial charge in [-0.1, -0.05) is 23.7 Å². The van der Waals surface area contributed by atoms with E-state index < -0.39 is 0 Å². The van der Waals surface area contributed by atoms with Crippen LogP contribution in [-0.4, -0.2) is 4.98 Å². The van der Waals surface area contributed by atoms with Crippen LogP contribution in [0.2, 0.25) is 5.02 Å². The Hall–Kier alpha value is -2.25. The number of halogens is 1. The average Bonchev–Trinajstić information content (AvgIpc) is 2.42. The number of pyridine rings is 1. The van der Waals surface area contributed by atoms with Gasteiger partial charge in [0.25, 0.3) is 0 Å². The molecule has 4 nitrogen and oxygen atoms in total. The van der Waals surface area contributed by atoms with E-state index in [1.54, 1.807) is 12.3 Å². The van der Waals surface area contributed by atoms with Crippen LogP contribution in [-0.2, 0) is 0 Å². The molecule has 0 saturated heterocycles. The molecule has 19 heavy (non-hydrogen) atoms. The molecule has 1 aromatic carbocycles. The van der Waals surface area contributed by atoms with E-state index in [4.69, 9.17) is 22.6 Å². The number of nitrogen functional groups attached to an aromatic ring is 1. The van der Waals surface area contributed by atoms with Crippen LogP contribution in [0.1, 0.15) is 24.1 Å². The highest BCUT2D eigenvalue weighted by molar-refractivity contribution is 6.34. The molecule has 0 fully saturated rings. The highest BCUT2D eigenvalue weighted by Gasteiger charge is 2.11. The Labute approximate surface area is 116 Å². The molecule has 1 atom stereocenters. The largest absolute Gasteiger partial charge is 0.399 e. The molecule has 0 saturated carbocycles. The van der Waals surface area contributed by atoms with Crippen molar-refractivity contribution in [3.05, 3.63) is 52.7 Å². The Morgan fingerprint density at radius 3 is 2.63 bits per heavy atom. The van der Waals surface area contributed by atoms with Crippen molar-refractivity contribution in [3.8, 4) is 6.07 Å². The van der Waals surface area contributed by atoms with E-state index in [1.807, 2.05) is 37.3 Å². The van der Waals surface area contributed by atoms with Crippen molar-refractivity contribution in [2.45, 2.75) is 13.0 Å². The number of nitrogens with two attached hydrogens (primary N) is 1. The second-order valence-electron chi connectivity index (χ2n) is 4.17. The number of benzene rings is 1. The lowest BCUT2D eigenvalue weighted by molar-refractivity contribution is 0.875. The highest BCUT2D eigenvalue weighted by Crippen LogP contribution is 2.26. The lowest BCUT2D eigenvalue weighted by Crippen LogP contribution is -2.08. The minimum Gasteiger partial charge on any atom is -0.399 e. The van der Waals surface area contributed by atoms with Crippen LogP contribution in [0.15, 0.2) is 36.5 Å². The molecule has 3 N–H and O–H groups in total. The van der Waals surface area contributed by atoms with Crippen molar-refractivity contribution >= 4 is 23.1 Å². The topological polar surface area (TPSA) is 74.7 Å². The number of hydrogen-bond donors (Lipinski definition) is 2. The zero-order valence-corrected chi connectivity index (χ0v) is 11.1. The summed E-state index contributed by atoms with van der Waals surface area (Å²) in [6, 6.07) is 11.2. The third-order valence-electron chi connectivity index (χ3n) is 2.80. The predicted molar refractivity (Wildman–Crippen MR) is 76.9 cm³/mol. The first kappa shape index (κ1) is 13.2. The first-order valence-electron chi connectivity index (χ1n) is 5.78. The third-order valence-corrected chi connectivity index (χ3v) is 3.18. The van der Waals surface area contributed by atoms with E-state index in [0.717, 1.165) is 11.3 Å². The average molecular weight is 273 g/mol. The smallest absolute Gasteiger partial charge is 0.146 e. The Morgan fingerprint density at radius 2 is 2.00 bits per heavy atom. The maximum Gasteiger partial charge on any atom is 0.146 e. The number of anilines is 2. The zero-order valence-electron chi connectivity index (χ0n) is 10.4. The molecule has 0 amide bonds. The van der Waals surface area contributed by atoms with E-state index in [2.05, 4.69) is 10.3 Å². The van der Waals surface area contributed by atoms with Crippen LogP contribution < -0.4 is 11.1 Å². The minimum absolute atomic E-state index is 0.0135. The van der Waals surface area contributed by atoms with E-state index in [-0.39, 0.29) is 6.04 Å². The molecule has 5 heteroatoms. The number of hydrogen-bond acceptors (Lipinski definition) is 4. The van der Waals surface area contributed by atoms with Gasteiger partial charge in [0, 0.05) is 17.9 Å². The van der Waals surface area contributed by atoms with Crippen molar-refractivity contribution in [1.29, 1.82) is 5.26 Å². The van der Waals surface area contributed by atoms with Gasteiger partial charge in [-0.05, 0) is 30.7 Å². The van der Waals surface area contributed by atoms with E-state index >= 15 is 0 Å². The number of aromatic nitrogens is 1. The fraction of sp³-hybridized carbons (Fsp3) is 0.143. The van der Waals surface area contributed by atoms with Gasteiger partial charge in [0.15, 0.2) is 0 Å². The van der Waals surface area contributed by atoms with Crippen LogP contribution in [0.25, 0.3) is 0 Å². The van der Waals surface area contributed by atoms with Crippen molar-refractivity contribution in [3.63, 3.8) is 0 Å². The third kappa shape index (κ3) is 2.95. The van der Waals surface area contributed by atoms with Gasteiger partial charge >= 0.3 is 0 Å². The molecule has 0 aliphatic heterocycles. The van der Waals surface area contributed by atoms with Crippen molar-refractivity contribution < 1.29 is 0 Å². The molecular weight excluding hydrogens is 260 g/mol. The van der Waals surface area contributed by atoms with Gasteiger partial charge in [0.2, 0.25) is 0 Å². The first-order valence-corrected chi connectivity index (χ1v) is 6.16. The summed E-state index contributed by atoms with van der Waals surface area (Å²) >= 11 is 6.10. The summed E-state index contributed by atoms with van der Waals surface area (Å²) in [7, 11) is 0. The van der Waals surface area contributed by atoms with E-state index in [9.17, 15) is 0 Å². The molecular formula is C14H13ClN4. The van der Waals surface area contributed by atoms with Gasteiger partial charge in [0.1, 0.15) is 16.9 Å². The van der Waals surface area contributed by atoms with Crippen molar-refractivity contribution in [1.82, 2.24) is 4.98 Å². The summed E-state index contributed by atoms with van der Waals surface area (Å²) in [5, 5.41) is 12.4. The summed E-state index contributed by atoms with van der Waals surface area (Å²) in [5.74, 6) is 0.505. The quantitative estimate of drug-likeness (QED) is 0.840. The Morgan fingerprint density at radius 1 is 1.32 bits per heavy atom. The van der Waals surface area contributed by atoms with Gasteiger partial charge in [0.05, 0.1) is 5.56 Å². The van der Waals surface area contributed by atoms with Crippen molar-refractivity contribution in [2.24, 2.45) is 0 Å². The summed E-state index contributed by atoms with van der Waals surface area (Å²) in [4.78, 5) is 4.15. The van der Waals surface area contributed by atoms with Gasteiger partial charge in [-0.15, -0.1) is 0 Å². The van der Waals surface area contributed by atoms with Crippen LogP contribution in [0, 0.1) is 11.3 Å². The number of nitriles is 1. The lowest BCUT2D eigenvalue weighted by atomic mass is 10.1. The molecule has 2 rings (SSSR count). The molecule has 2 aromatic rings. The second kappa shape index (κ2) is 5.59. The summed E-state index contributed by atoms with van der Waals surface area (Å²) in [6.45, 7) is 1.99. The van der Waals surface area contributed by atoms with Gasteiger partial charge in [-0.3, -0.25) is 0 Å². The van der Waals surface area contributed by atoms with Crippen LogP contribution >= 0.6 is 11.6 Å². The molecule has 1 aromatic heterocycles. The lowest BCUT2D eigenvalue weighted by Gasteiger charge is -2.16. The summed E-state index contributed by atoms with van der Waals surface area (Å²) < 4.78 is 0. The highest BCUT2D eigenvalue weighted by atomic mass is 35.5. The van der Waals surface area contributed by atoms with Crippen LogP contribution in [0.4, 0.5) is 11.5 Å². The van der Waals surface area contributed by atoms with E-state index in [0.29, 0.717) is 16.4 Å². The normalized spacial score (nSPS) is 11.6. The zero-order chi connectivity index (χ0) is 13.8. The van der Waals surface area contributed by atoms with Crippen molar-refractivity contribution in [2.75, 3.05) is 11.1 Å². The molecule has 1 unspecified atom stereocenters. The monoisotopic (exact) mass is 272 g/mol. The molecule has 0 aliphatic carbocycles. The maximum absolute atomic E-state index is 8.92. The van der Waals surface area contributed by atoms with E-state index in [1.165, 1.54) is 0 Å². The maximum atomic E-state index is 8.92. The molecule has 1 heterocycles. The Balaban J connectivity index is 2.22. The summed E-state index contributed by atoms with van der Waals surface area (Å²) in [5.41, 5.74) is 7.84. The Bertz CT molecular complexity index is 616. The number of rotatable bonds is 3. The first-order chi connectivity index (χ1) is 9.11. The van der Waals surface area contributed by atoms with Crippen LogP contribution in [0.3, 0.4) is 0 Å². The minimum atomic E-state index is 0.0135. The predicted octanol–water partition coefficient (Wildman–Crippen LogP) is 3.36. The van der Waals surface area contributed by atoms with Gasteiger partial charge in [-0.25, -0.2) is 4.98 Å². The molecule has 0 aliphatic rings. The van der Waals surface area contributed by atoms with Gasteiger partial charge < -0.3 is 11.1 Å². The van der Waals surface area contributed by atoms with Crippen LogP contribution in [0.5, 0.6) is 0 Å². The van der Waals surface area contributed by atoms with Gasteiger partial charge in [-0.2, -0.15) is 5.26 Å². The number of nitrogens with one attached hydrogen (secondary N) is 1. The second-order valence-corrected chi connectivity index (χ2v) is 4.54. The molecule has 96 valence electrons. The molecule has 0 bridgehead atoms. The fourth-order valence-electron chi connectivity index (χ4n) is 1.70. The summed E-state index contributed by atoms with van der Waals surface area (Å²) in [6.07, 6.45) is 1.56. The SMILES string of the molecule is CC(Nc1nccc(C#N)c1Cl)c1ccc(N)cc1. The molecule has 0 spiro atoms. The molecule has 0 radical (unpaired) electrons. The standard InChI is InChI=1S/C14H13ClN4/c1-9(10-2-4-12(17)5-3-10)19-14-13(15)11(8-16)6-7-18-14/h2-7,9H,17H2,1H3,(H,18,19).